The Balaban J connectivity index is 1.80. The normalized spacial score (nSPS) is 21.2. The minimum absolute atomic E-state index is 0.0155. The number of nitrogens with zero attached hydrogens (tertiary/aromatic N) is 4. The van der Waals surface area contributed by atoms with Gasteiger partial charge in [-0.2, -0.15) is 5.10 Å². The number of urea groups is 1. The Labute approximate surface area is 106 Å². The zero-order valence-electron chi connectivity index (χ0n) is 10.9. The molecule has 3 heterocycles. The summed E-state index contributed by atoms with van der Waals surface area (Å²) in [4.78, 5) is 15.5. The van der Waals surface area contributed by atoms with Crippen LogP contribution in [0.25, 0.3) is 0 Å². The molecule has 2 fully saturated rings. The van der Waals surface area contributed by atoms with Crippen molar-refractivity contribution in [2.45, 2.75) is 19.4 Å². The maximum Gasteiger partial charge on any atom is 0.317 e. The SMILES string of the molecule is Cc1cnnc(N2CC3(CNC(=O)N3C)C2)c1C. The monoisotopic (exact) mass is 247 g/mol. The number of aryl methyl sites for hydroxylation is 1. The fraction of sp³-hybridized carbons (Fsp3) is 0.583. The molecule has 0 radical (unpaired) electrons. The van der Waals surface area contributed by atoms with Crippen molar-refractivity contribution in [2.75, 3.05) is 31.6 Å². The van der Waals surface area contributed by atoms with Crippen LogP contribution in [0.4, 0.5) is 10.6 Å². The van der Waals surface area contributed by atoms with Crippen molar-refractivity contribution in [2.24, 2.45) is 0 Å². The highest BCUT2D eigenvalue weighted by atomic mass is 16.2. The van der Waals surface area contributed by atoms with Crippen LogP contribution < -0.4 is 10.2 Å². The van der Waals surface area contributed by atoms with E-state index in [2.05, 4.69) is 27.3 Å². The zero-order valence-corrected chi connectivity index (χ0v) is 10.9. The number of nitrogens with one attached hydrogen (secondary N) is 1. The fourth-order valence-corrected chi connectivity index (χ4v) is 2.65. The van der Waals surface area contributed by atoms with Gasteiger partial charge in [0.05, 0.1) is 11.7 Å². The van der Waals surface area contributed by atoms with E-state index < -0.39 is 0 Å². The average Bonchev–Trinajstić information content (AvgIpc) is 2.59. The summed E-state index contributed by atoms with van der Waals surface area (Å²) in [6, 6.07) is 0.0155. The lowest BCUT2D eigenvalue weighted by Crippen LogP contribution is -2.69. The molecule has 3 rings (SSSR count). The molecule has 0 atom stereocenters. The van der Waals surface area contributed by atoms with Crippen molar-refractivity contribution in [3.63, 3.8) is 0 Å². The number of hydrogen-bond acceptors (Lipinski definition) is 4. The summed E-state index contributed by atoms with van der Waals surface area (Å²) >= 11 is 0. The highest BCUT2D eigenvalue weighted by molar-refractivity contribution is 5.79. The second-order valence-electron chi connectivity index (χ2n) is 5.27. The van der Waals surface area contributed by atoms with Gasteiger partial charge in [0.25, 0.3) is 0 Å². The summed E-state index contributed by atoms with van der Waals surface area (Å²) in [5.74, 6) is 0.938. The van der Waals surface area contributed by atoms with E-state index in [-0.39, 0.29) is 11.6 Å². The number of rotatable bonds is 1. The third-order valence-electron chi connectivity index (χ3n) is 4.19. The molecule has 1 spiro atoms. The molecule has 0 aliphatic carbocycles. The number of aromatic nitrogens is 2. The number of likely N-dealkylation sites (N-methyl/N-ethyl adjacent to an activating group) is 1. The van der Waals surface area contributed by atoms with Crippen LogP contribution in [0.5, 0.6) is 0 Å². The van der Waals surface area contributed by atoms with E-state index in [4.69, 9.17) is 0 Å². The summed E-state index contributed by atoms with van der Waals surface area (Å²) in [5.41, 5.74) is 2.25. The molecule has 1 N–H and O–H groups in total. The average molecular weight is 247 g/mol. The fourth-order valence-electron chi connectivity index (χ4n) is 2.65. The van der Waals surface area contributed by atoms with E-state index in [0.717, 1.165) is 31.0 Å². The van der Waals surface area contributed by atoms with Gasteiger partial charge in [-0.25, -0.2) is 4.79 Å². The molecule has 1 aromatic heterocycles. The molecule has 2 aliphatic rings. The van der Waals surface area contributed by atoms with Gasteiger partial charge in [0.1, 0.15) is 0 Å². The number of carbonyl (C=O) groups is 1. The highest BCUT2D eigenvalue weighted by Gasteiger charge is 2.52. The van der Waals surface area contributed by atoms with E-state index in [1.165, 1.54) is 5.56 Å². The Morgan fingerprint density at radius 1 is 1.39 bits per heavy atom. The van der Waals surface area contributed by atoms with Crippen LogP contribution >= 0.6 is 0 Å². The second kappa shape index (κ2) is 3.57. The summed E-state index contributed by atoms with van der Waals surface area (Å²) in [7, 11) is 1.86. The Morgan fingerprint density at radius 2 is 2.11 bits per heavy atom. The van der Waals surface area contributed by atoms with Crippen LogP contribution in [0.15, 0.2) is 6.20 Å². The van der Waals surface area contributed by atoms with Crippen molar-refractivity contribution in [1.82, 2.24) is 20.4 Å². The Hall–Kier alpha value is -1.85. The molecule has 6 nitrogen and oxygen atoms in total. The van der Waals surface area contributed by atoms with Crippen LogP contribution in [0.3, 0.4) is 0 Å². The quantitative estimate of drug-likeness (QED) is 0.775. The minimum Gasteiger partial charge on any atom is -0.350 e. The van der Waals surface area contributed by atoms with Crippen molar-refractivity contribution in [3.8, 4) is 0 Å². The molecule has 2 amide bonds. The zero-order chi connectivity index (χ0) is 12.9. The van der Waals surface area contributed by atoms with E-state index in [0.29, 0.717) is 0 Å². The van der Waals surface area contributed by atoms with Gasteiger partial charge in [0.15, 0.2) is 5.82 Å². The second-order valence-corrected chi connectivity index (χ2v) is 5.27. The molecule has 2 aliphatic heterocycles. The van der Waals surface area contributed by atoms with Crippen LogP contribution in [-0.4, -0.2) is 53.3 Å². The molecular formula is C12H17N5O. The number of amides is 2. The van der Waals surface area contributed by atoms with Crippen molar-refractivity contribution >= 4 is 11.8 Å². The van der Waals surface area contributed by atoms with Crippen molar-refractivity contribution < 1.29 is 4.79 Å². The Kier molecular flexibility index (Phi) is 2.23. The molecule has 0 aromatic carbocycles. The first-order valence-electron chi connectivity index (χ1n) is 6.09. The summed E-state index contributed by atoms with van der Waals surface area (Å²) in [5, 5.41) is 11.1. The Morgan fingerprint density at radius 3 is 2.72 bits per heavy atom. The van der Waals surface area contributed by atoms with Gasteiger partial charge in [0, 0.05) is 26.7 Å². The summed E-state index contributed by atoms with van der Waals surface area (Å²) < 4.78 is 0. The molecule has 2 saturated heterocycles. The molecule has 1 aromatic rings. The lowest BCUT2D eigenvalue weighted by Gasteiger charge is -2.51. The van der Waals surface area contributed by atoms with Gasteiger partial charge in [-0.05, 0) is 25.0 Å². The molecule has 0 bridgehead atoms. The van der Waals surface area contributed by atoms with Gasteiger partial charge in [-0.15, -0.1) is 5.10 Å². The smallest absolute Gasteiger partial charge is 0.317 e. The largest absolute Gasteiger partial charge is 0.350 e. The van der Waals surface area contributed by atoms with Gasteiger partial charge in [0.2, 0.25) is 0 Å². The first-order chi connectivity index (χ1) is 8.53. The van der Waals surface area contributed by atoms with E-state index in [1.54, 1.807) is 6.20 Å². The summed E-state index contributed by atoms with van der Waals surface area (Å²) in [6.07, 6.45) is 1.78. The maximum absolute atomic E-state index is 11.5. The Bertz CT molecular complexity index is 509. The lowest BCUT2D eigenvalue weighted by molar-refractivity contribution is 0.151. The predicted octanol–water partition coefficient (Wildman–Crippen LogP) is 0.307. The van der Waals surface area contributed by atoms with Crippen LogP contribution in [0.1, 0.15) is 11.1 Å². The molecule has 96 valence electrons. The lowest BCUT2D eigenvalue weighted by atomic mass is 9.89. The standard InChI is InChI=1S/C12H17N5O/c1-8-4-14-15-10(9(8)2)17-6-12(7-17)5-13-11(18)16(12)3/h4H,5-7H2,1-3H3,(H,13,18). The molecule has 6 heteroatoms. The van der Waals surface area contributed by atoms with Crippen molar-refractivity contribution in [3.05, 3.63) is 17.3 Å². The van der Waals surface area contributed by atoms with Gasteiger partial charge < -0.3 is 15.1 Å². The molecular weight excluding hydrogens is 230 g/mol. The molecule has 18 heavy (non-hydrogen) atoms. The third-order valence-corrected chi connectivity index (χ3v) is 4.19. The molecule has 0 unspecified atom stereocenters. The van der Waals surface area contributed by atoms with Crippen molar-refractivity contribution in [1.29, 1.82) is 0 Å². The topological polar surface area (TPSA) is 61.4 Å². The maximum atomic E-state index is 11.5. The highest BCUT2D eigenvalue weighted by Crippen LogP contribution is 2.34. The van der Waals surface area contributed by atoms with Gasteiger partial charge >= 0.3 is 6.03 Å². The summed E-state index contributed by atoms with van der Waals surface area (Å²) in [6.45, 7) is 6.46. The van der Waals surface area contributed by atoms with Gasteiger partial charge in [-0.1, -0.05) is 0 Å². The first kappa shape index (κ1) is 11.3. The van der Waals surface area contributed by atoms with Crippen LogP contribution in [-0.2, 0) is 0 Å². The third kappa shape index (κ3) is 1.38. The number of anilines is 1. The minimum atomic E-state index is -0.0606. The van der Waals surface area contributed by atoms with E-state index >= 15 is 0 Å². The van der Waals surface area contributed by atoms with Crippen LogP contribution in [0.2, 0.25) is 0 Å². The first-order valence-corrected chi connectivity index (χ1v) is 6.09. The number of carbonyl (C=O) groups excluding carboxylic acids is 1. The van der Waals surface area contributed by atoms with Crippen LogP contribution in [0, 0.1) is 13.8 Å². The van der Waals surface area contributed by atoms with E-state index in [1.807, 2.05) is 18.9 Å². The van der Waals surface area contributed by atoms with E-state index in [9.17, 15) is 4.79 Å². The molecule has 0 saturated carbocycles. The number of hydrogen-bond donors (Lipinski definition) is 1. The predicted molar refractivity (Wildman–Crippen MR) is 67.6 cm³/mol. The van der Waals surface area contributed by atoms with Gasteiger partial charge in [-0.3, -0.25) is 0 Å².